The van der Waals surface area contributed by atoms with Crippen molar-refractivity contribution in [2.75, 3.05) is 19.6 Å². The molecule has 0 aliphatic heterocycles. The second-order valence-electron chi connectivity index (χ2n) is 3.73. The number of methoxy groups -OCH3 is 1. The van der Waals surface area contributed by atoms with Crippen molar-refractivity contribution >= 4 is 45.0 Å². The van der Waals surface area contributed by atoms with Crippen LogP contribution in [0.2, 0.25) is 5.02 Å². The van der Waals surface area contributed by atoms with Crippen LogP contribution in [0.15, 0.2) is 22.7 Å². The van der Waals surface area contributed by atoms with Crippen LogP contribution in [-0.2, 0) is 4.74 Å². The van der Waals surface area contributed by atoms with E-state index in [2.05, 4.69) is 21.2 Å². The van der Waals surface area contributed by atoms with Gasteiger partial charge in [-0.1, -0.05) is 27.5 Å². The maximum Gasteiger partial charge on any atom is 0.253 e. The number of benzene rings is 1. The molecule has 100 valence electrons. The molecule has 1 aromatic rings. The van der Waals surface area contributed by atoms with Crippen molar-refractivity contribution in [1.29, 1.82) is 0 Å². The van der Waals surface area contributed by atoms with E-state index < -0.39 is 0 Å². The highest BCUT2D eigenvalue weighted by Crippen LogP contribution is 2.21. The fraction of sp³-hybridized carbons (Fsp3) is 0.417. The molecular weight excluding hydrogens is 341 g/mol. The Morgan fingerprint density at radius 1 is 1.56 bits per heavy atom. The van der Waals surface area contributed by atoms with Crippen LogP contribution < -0.4 is 5.32 Å². The zero-order chi connectivity index (χ0) is 13.5. The number of nitrogens with one attached hydrogen (secondary N) is 1. The van der Waals surface area contributed by atoms with Crippen LogP contribution in [0.25, 0.3) is 0 Å². The van der Waals surface area contributed by atoms with Gasteiger partial charge in [-0.15, -0.1) is 11.6 Å². The van der Waals surface area contributed by atoms with Crippen LogP contribution in [0.5, 0.6) is 0 Å². The highest BCUT2D eigenvalue weighted by Gasteiger charge is 2.15. The molecule has 18 heavy (non-hydrogen) atoms. The molecule has 0 spiro atoms. The summed E-state index contributed by atoms with van der Waals surface area (Å²) < 4.78 is 5.76. The third-order valence-electron chi connectivity index (χ3n) is 2.36. The first-order valence-corrected chi connectivity index (χ1v) is 7.09. The predicted octanol–water partition coefficient (Wildman–Crippen LogP) is 3.48. The van der Waals surface area contributed by atoms with Gasteiger partial charge in [0.05, 0.1) is 10.6 Å². The number of hydrogen-bond donors (Lipinski definition) is 1. The summed E-state index contributed by atoms with van der Waals surface area (Å²) in [6, 6.07) is 5.00. The first kappa shape index (κ1) is 15.8. The Kier molecular flexibility index (Phi) is 7.00. The number of amides is 1. The van der Waals surface area contributed by atoms with Crippen molar-refractivity contribution in [2.24, 2.45) is 0 Å². The van der Waals surface area contributed by atoms with Gasteiger partial charge in [-0.3, -0.25) is 4.79 Å². The molecule has 1 rings (SSSR count). The summed E-state index contributed by atoms with van der Waals surface area (Å²) >= 11 is 15.1. The summed E-state index contributed by atoms with van der Waals surface area (Å²) in [6.45, 7) is 0.546. The van der Waals surface area contributed by atoms with Gasteiger partial charge in [-0.05, 0) is 24.6 Å². The van der Waals surface area contributed by atoms with Gasteiger partial charge < -0.3 is 10.1 Å². The van der Waals surface area contributed by atoms with E-state index in [0.29, 0.717) is 29.5 Å². The molecular formula is C12H14BrCl2NO2. The smallest absolute Gasteiger partial charge is 0.253 e. The third kappa shape index (κ3) is 4.76. The lowest BCUT2D eigenvalue weighted by molar-refractivity contribution is 0.0930. The van der Waals surface area contributed by atoms with Gasteiger partial charge in [-0.2, -0.15) is 0 Å². The van der Waals surface area contributed by atoms with E-state index in [9.17, 15) is 4.79 Å². The van der Waals surface area contributed by atoms with Gasteiger partial charge in [0, 0.05) is 30.1 Å². The van der Waals surface area contributed by atoms with Crippen molar-refractivity contribution < 1.29 is 9.53 Å². The van der Waals surface area contributed by atoms with Gasteiger partial charge in [0.15, 0.2) is 0 Å². The molecule has 0 saturated heterocycles. The third-order valence-corrected chi connectivity index (χ3v) is 3.56. The lowest BCUT2D eigenvalue weighted by atomic mass is 10.2. The van der Waals surface area contributed by atoms with Crippen LogP contribution in [0.1, 0.15) is 16.8 Å². The Morgan fingerprint density at radius 2 is 2.28 bits per heavy atom. The van der Waals surface area contributed by atoms with E-state index in [4.69, 9.17) is 27.9 Å². The average molecular weight is 355 g/mol. The Balaban J connectivity index is 2.71. The lowest BCUT2D eigenvalue weighted by Gasteiger charge is -2.16. The minimum absolute atomic E-state index is 0.130. The first-order chi connectivity index (χ1) is 8.58. The van der Waals surface area contributed by atoms with Gasteiger partial charge in [0.1, 0.15) is 0 Å². The molecule has 6 heteroatoms. The van der Waals surface area contributed by atoms with E-state index in [1.807, 2.05) is 0 Å². The number of halogens is 3. The van der Waals surface area contributed by atoms with Crippen LogP contribution in [0, 0.1) is 0 Å². The second-order valence-corrected chi connectivity index (χ2v) is 5.36. The van der Waals surface area contributed by atoms with Crippen molar-refractivity contribution in [3.8, 4) is 0 Å². The highest BCUT2D eigenvalue weighted by molar-refractivity contribution is 9.10. The number of rotatable bonds is 6. The molecule has 0 saturated carbocycles. The molecule has 1 unspecified atom stereocenters. The maximum absolute atomic E-state index is 12.0. The molecule has 0 aliphatic carbocycles. The van der Waals surface area contributed by atoms with E-state index >= 15 is 0 Å². The number of hydrogen-bond acceptors (Lipinski definition) is 2. The van der Waals surface area contributed by atoms with Crippen molar-refractivity contribution in [1.82, 2.24) is 5.32 Å². The van der Waals surface area contributed by atoms with E-state index in [0.717, 1.165) is 4.47 Å². The Morgan fingerprint density at radius 3 is 2.89 bits per heavy atom. The van der Waals surface area contributed by atoms with Gasteiger partial charge >= 0.3 is 0 Å². The second kappa shape index (κ2) is 8.00. The maximum atomic E-state index is 12.0. The summed E-state index contributed by atoms with van der Waals surface area (Å²) in [4.78, 5) is 12.0. The summed E-state index contributed by atoms with van der Waals surface area (Å²) in [7, 11) is 1.61. The monoisotopic (exact) mass is 353 g/mol. The summed E-state index contributed by atoms with van der Waals surface area (Å²) in [5.41, 5.74) is 0.429. The number of carbonyl (C=O) groups is 1. The predicted molar refractivity (Wildman–Crippen MR) is 77.6 cm³/mol. The SMILES string of the molecule is COCCC(CCl)NC(=O)c1cc(Br)ccc1Cl. The van der Waals surface area contributed by atoms with E-state index in [1.54, 1.807) is 25.3 Å². The van der Waals surface area contributed by atoms with Gasteiger partial charge in [-0.25, -0.2) is 0 Å². The summed E-state index contributed by atoms with van der Waals surface area (Å²) in [6.07, 6.45) is 0.664. The lowest BCUT2D eigenvalue weighted by Crippen LogP contribution is -2.37. The van der Waals surface area contributed by atoms with Gasteiger partial charge in [0.2, 0.25) is 0 Å². The topological polar surface area (TPSA) is 38.3 Å². The van der Waals surface area contributed by atoms with Crippen LogP contribution in [0.3, 0.4) is 0 Å². The molecule has 0 radical (unpaired) electrons. The number of alkyl halides is 1. The van der Waals surface area contributed by atoms with Crippen LogP contribution in [-0.4, -0.2) is 31.5 Å². The molecule has 0 heterocycles. The Bertz CT molecular complexity index is 415. The first-order valence-electron chi connectivity index (χ1n) is 5.39. The minimum atomic E-state index is -0.233. The zero-order valence-electron chi connectivity index (χ0n) is 9.88. The van der Waals surface area contributed by atoms with E-state index in [-0.39, 0.29) is 11.9 Å². The molecule has 1 aromatic carbocycles. The summed E-state index contributed by atoms with van der Waals surface area (Å²) in [5.74, 6) is 0.101. The largest absolute Gasteiger partial charge is 0.385 e. The minimum Gasteiger partial charge on any atom is -0.385 e. The molecule has 1 amide bonds. The molecule has 0 aromatic heterocycles. The molecule has 0 bridgehead atoms. The van der Waals surface area contributed by atoms with Gasteiger partial charge in [0.25, 0.3) is 5.91 Å². The zero-order valence-corrected chi connectivity index (χ0v) is 13.0. The highest BCUT2D eigenvalue weighted by atomic mass is 79.9. The fourth-order valence-corrected chi connectivity index (χ4v) is 2.18. The number of ether oxygens (including phenoxy) is 1. The van der Waals surface area contributed by atoms with Crippen LogP contribution in [0.4, 0.5) is 0 Å². The average Bonchev–Trinajstić information content (AvgIpc) is 2.37. The van der Waals surface area contributed by atoms with Crippen LogP contribution >= 0.6 is 39.1 Å². The van der Waals surface area contributed by atoms with E-state index in [1.165, 1.54) is 0 Å². The molecule has 1 N–H and O–H groups in total. The fourth-order valence-electron chi connectivity index (χ4n) is 1.38. The van der Waals surface area contributed by atoms with Crippen molar-refractivity contribution in [2.45, 2.75) is 12.5 Å². The number of carbonyl (C=O) groups excluding carboxylic acids is 1. The normalized spacial score (nSPS) is 12.2. The Hall–Kier alpha value is -0.290. The summed E-state index contributed by atoms with van der Waals surface area (Å²) in [5, 5.41) is 3.24. The molecule has 0 fully saturated rings. The van der Waals surface area contributed by atoms with Crippen molar-refractivity contribution in [3.63, 3.8) is 0 Å². The molecule has 0 aliphatic rings. The Labute approximate surface area is 125 Å². The standard InChI is InChI=1S/C12H14BrCl2NO2/c1-18-5-4-9(7-14)16-12(17)10-6-8(13)2-3-11(10)15/h2-3,6,9H,4-5,7H2,1H3,(H,16,17). The van der Waals surface area contributed by atoms with Crippen molar-refractivity contribution in [3.05, 3.63) is 33.3 Å². The molecule has 1 atom stereocenters. The quantitative estimate of drug-likeness (QED) is 0.794. The molecule has 3 nitrogen and oxygen atoms in total.